The van der Waals surface area contributed by atoms with Crippen LogP contribution >= 0.6 is 11.6 Å². The van der Waals surface area contributed by atoms with Crippen molar-refractivity contribution in [3.8, 4) is 28.8 Å². The second kappa shape index (κ2) is 8.69. The zero-order valence-electron chi connectivity index (χ0n) is 18.3. The first-order chi connectivity index (χ1) is 16.4. The molecule has 5 rings (SSSR count). The van der Waals surface area contributed by atoms with Crippen molar-refractivity contribution >= 4 is 27.6 Å². The van der Waals surface area contributed by atoms with Gasteiger partial charge in [-0.1, -0.05) is 29.8 Å². The van der Waals surface area contributed by atoms with Crippen molar-refractivity contribution in [3.05, 3.63) is 71.4 Å². The van der Waals surface area contributed by atoms with Crippen molar-refractivity contribution in [3.63, 3.8) is 0 Å². The van der Waals surface area contributed by atoms with Gasteiger partial charge in [0.15, 0.2) is 5.76 Å². The van der Waals surface area contributed by atoms with Gasteiger partial charge in [-0.3, -0.25) is 9.29 Å². The molecule has 1 N–H and O–H groups in total. The predicted molar refractivity (Wildman–Crippen MR) is 127 cm³/mol. The van der Waals surface area contributed by atoms with E-state index in [0.717, 1.165) is 5.56 Å². The van der Waals surface area contributed by atoms with Gasteiger partial charge < -0.3 is 13.9 Å². The molecule has 2 aromatic carbocycles. The summed E-state index contributed by atoms with van der Waals surface area (Å²) in [7, 11) is -0.764. The summed E-state index contributed by atoms with van der Waals surface area (Å²) in [5.41, 5.74) is 1.36. The van der Waals surface area contributed by atoms with E-state index in [1.807, 2.05) is 12.1 Å². The monoisotopic (exact) mass is 500 g/mol. The molecule has 0 saturated heterocycles. The molecule has 2 heterocycles. The van der Waals surface area contributed by atoms with Gasteiger partial charge in [-0.15, -0.1) is 10.2 Å². The van der Waals surface area contributed by atoms with Crippen LogP contribution < -0.4 is 14.2 Å². The molecule has 0 aliphatic heterocycles. The summed E-state index contributed by atoms with van der Waals surface area (Å²) in [6.07, 6.45) is 1.99. The van der Waals surface area contributed by atoms with Gasteiger partial charge in [-0.25, -0.2) is 8.42 Å². The van der Waals surface area contributed by atoms with Gasteiger partial charge in [0.1, 0.15) is 17.2 Å². The Morgan fingerprint density at radius 1 is 1.03 bits per heavy atom. The molecule has 2 atom stereocenters. The summed E-state index contributed by atoms with van der Waals surface area (Å²) < 4.78 is 47.3. The standard InChI is InChI=1S/C23H21ClN4O5S/c1-31-17-5-3-6-18(32-2)21(17)28-22(19-7-4-12-33-19)25-26-23(28)27-34(29,30)20-13-16(20)14-8-10-15(24)11-9-14/h3-12,16,20H,13H2,1-2H3,(H,26,27)/t16-,20+/m1/s1. The van der Waals surface area contributed by atoms with Crippen LogP contribution in [0, 0.1) is 0 Å². The van der Waals surface area contributed by atoms with Crippen molar-refractivity contribution in [2.75, 3.05) is 18.9 Å². The van der Waals surface area contributed by atoms with E-state index in [2.05, 4.69) is 14.9 Å². The number of benzene rings is 2. The maximum Gasteiger partial charge on any atom is 0.243 e. The molecule has 4 aromatic rings. The molecule has 9 nitrogen and oxygen atoms in total. The Morgan fingerprint density at radius 2 is 1.74 bits per heavy atom. The second-order valence-electron chi connectivity index (χ2n) is 7.75. The minimum Gasteiger partial charge on any atom is -0.494 e. The lowest BCUT2D eigenvalue weighted by Gasteiger charge is -2.17. The third-order valence-corrected chi connectivity index (χ3v) is 7.73. The molecule has 1 fully saturated rings. The molecule has 176 valence electrons. The van der Waals surface area contributed by atoms with Crippen LogP contribution in [0.3, 0.4) is 0 Å². The van der Waals surface area contributed by atoms with Crippen molar-refractivity contribution < 1.29 is 22.3 Å². The van der Waals surface area contributed by atoms with E-state index in [9.17, 15) is 8.42 Å². The smallest absolute Gasteiger partial charge is 0.243 e. The lowest BCUT2D eigenvalue weighted by Crippen LogP contribution is -2.21. The van der Waals surface area contributed by atoms with Gasteiger partial charge in [0.2, 0.25) is 21.8 Å². The molecular weight excluding hydrogens is 480 g/mol. The number of anilines is 1. The fraction of sp³-hybridized carbons (Fsp3) is 0.217. The molecule has 11 heteroatoms. The fourth-order valence-electron chi connectivity index (χ4n) is 3.96. The Labute approximate surface area is 201 Å². The van der Waals surface area contributed by atoms with Crippen molar-refractivity contribution in [2.45, 2.75) is 17.6 Å². The Bertz CT molecular complexity index is 1400. The second-order valence-corrected chi connectivity index (χ2v) is 10.1. The number of nitrogens with one attached hydrogen (secondary N) is 1. The Morgan fingerprint density at radius 3 is 2.35 bits per heavy atom. The molecule has 2 aromatic heterocycles. The van der Waals surface area contributed by atoms with E-state index in [1.54, 1.807) is 42.5 Å². The van der Waals surface area contributed by atoms with Gasteiger partial charge >= 0.3 is 0 Å². The summed E-state index contributed by atoms with van der Waals surface area (Å²) in [6.45, 7) is 0. The van der Waals surface area contributed by atoms with E-state index in [-0.39, 0.29) is 17.7 Å². The topological polar surface area (TPSA) is 108 Å². The minimum absolute atomic E-state index is 0.00374. The first kappa shape index (κ1) is 22.3. The van der Waals surface area contributed by atoms with Crippen LogP contribution in [0.1, 0.15) is 17.9 Å². The van der Waals surface area contributed by atoms with E-state index >= 15 is 0 Å². The first-order valence-corrected chi connectivity index (χ1v) is 12.3. The number of methoxy groups -OCH3 is 2. The Kier molecular flexibility index (Phi) is 5.70. The Hall–Kier alpha value is -3.50. The van der Waals surface area contributed by atoms with Gasteiger partial charge in [0, 0.05) is 10.9 Å². The van der Waals surface area contributed by atoms with Crippen molar-refractivity contribution in [2.24, 2.45) is 0 Å². The van der Waals surface area contributed by atoms with Crippen molar-refractivity contribution in [1.29, 1.82) is 0 Å². The SMILES string of the molecule is COc1cccc(OC)c1-n1c(NS(=O)(=O)[C@H]2C[C@@H]2c2ccc(Cl)cc2)nnc1-c1ccco1. The quantitative estimate of drug-likeness (QED) is 0.379. The van der Waals surface area contributed by atoms with Gasteiger partial charge in [0.05, 0.1) is 25.7 Å². The van der Waals surface area contributed by atoms with Crippen LogP contribution in [0.15, 0.2) is 65.3 Å². The van der Waals surface area contributed by atoms with E-state index in [1.165, 1.54) is 25.0 Å². The number of rotatable bonds is 8. The highest BCUT2D eigenvalue weighted by Crippen LogP contribution is 2.47. The van der Waals surface area contributed by atoms with Crippen LogP contribution in [0.2, 0.25) is 5.02 Å². The lowest BCUT2D eigenvalue weighted by atomic mass is 10.1. The predicted octanol–water partition coefficient (Wildman–Crippen LogP) is 4.50. The Balaban J connectivity index is 1.56. The number of sulfonamides is 1. The average molecular weight is 501 g/mol. The number of halogens is 1. The molecule has 0 radical (unpaired) electrons. The number of nitrogens with zero attached hydrogens (tertiary/aromatic N) is 3. The first-order valence-electron chi connectivity index (χ1n) is 10.4. The summed E-state index contributed by atoms with van der Waals surface area (Å²) in [6, 6.07) is 15.9. The molecule has 1 aliphatic rings. The number of furan rings is 1. The van der Waals surface area contributed by atoms with E-state index in [0.29, 0.717) is 34.4 Å². The van der Waals surface area contributed by atoms with E-state index in [4.69, 9.17) is 25.5 Å². The van der Waals surface area contributed by atoms with Gasteiger partial charge in [0.25, 0.3) is 0 Å². The van der Waals surface area contributed by atoms with Crippen LogP contribution in [0.25, 0.3) is 17.3 Å². The third kappa shape index (κ3) is 3.99. The lowest BCUT2D eigenvalue weighted by molar-refractivity contribution is 0.391. The molecule has 0 amide bonds. The highest BCUT2D eigenvalue weighted by atomic mass is 35.5. The molecule has 0 unspecified atom stereocenters. The number of hydrogen-bond donors (Lipinski definition) is 1. The van der Waals surface area contributed by atoms with Crippen LogP contribution in [-0.2, 0) is 10.0 Å². The normalized spacial score (nSPS) is 17.4. The average Bonchev–Trinajstić information content (AvgIpc) is 3.29. The highest BCUT2D eigenvalue weighted by molar-refractivity contribution is 7.93. The molecule has 0 spiro atoms. The highest BCUT2D eigenvalue weighted by Gasteiger charge is 2.49. The van der Waals surface area contributed by atoms with Gasteiger partial charge in [-0.2, -0.15) is 0 Å². The number of ether oxygens (including phenoxy) is 2. The minimum atomic E-state index is -3.79. The zero-order valence-corrected chi connectivity index (χ0v) is 19.9. The molecule has 1 saturated carbocycles. The third-order valence-electron chi connectivity index (χ3n) is 5.69. The van der Waals surface area contributed by atoms with Gasteiger partial charge in [-0.05, 0) is 48.4 Å². The summed E-state index contributed by atoms with van der Waals surface area (Å²) in [5, 5.41) is 8.34. The summed E-state index contributed by atoms with van der Waals surface area (Å²) in [4.78, 5) is 0. The van der Waals surface area contributed by atoms with E-state index < -0.39 is 15.3 Å². The number of hydrogen-bond acceptors (Lipinski definition) is 7. The summed E-state index contributed by atoms with van der Waals surface area (Å²) in [5.74, 6) is 1.44. The van der Waals surface area contributed by atoms with Crippen LogP contribution in [-0.4, -0.2) is 42.7 Å². The van der Waals surface area contributed by atoms with Crippen LogP contribution in [0.5, 0.6) is 11.5 Å². The molecular formula is C23H21ClN4O5S. The number of para-hydroxylation sites is 1. The zero-order chi connectivity index (χ0) is 23.9. The largest absolute Gasteiger partial charge is 0.494 e. The summed E-state index contributed by atoms with van der Waals surface area (Å²) >= 11 is 5.96. The van der Waals surface area contributed by atoms with Crippen LogP contribution in [0.4, 0.5) is 5.95 Å². The fourth-order valence-corrected chi connectivity index (χ4v) is 5.67. The van der Waals surface area contributed by atoms with Crippen molar-refractivity contribution in [1.82, 2.24) is 14.8 Å². The maximum absolute atomic E-state index is 13.3. The molecule has 1 aliphatic carbocycles. The maximum atomic E-state index is 13.3. The molecule has 34 heavy (non-hydrogen) atoms. The number of aromatic nitrogens is 3. The molecule has 0 bridgehead atoms.